The van der Waals surface area contributed by atoms with Gasteiger partial charge in [0.25, 0.3) is 0 Å². The lowest BCUT2D eigenvalue weighted by Gasteiger charge is -2.33. The molecule has 28 heavy (non-hydrogen) atoms. The molecule has 8 heteroatoms. The Morgan fingerprint density at radius 1 is 1.29 bits per heavy atom. The second-order valence-corrected chi connectivity index (χ2v) is 8.22. The summed E-state index contributed by atoms with van der Waals surface area (Å²) in [5, 5.41) is 0. The number of hydrogen-bond acceptors (Lipinski definition) is 6. The molecule has 2 N–H and O–H groups in total. The fraction of sp³-hybridized carbons (Fsp3) is 0.550. The van der Waals surface area contributed by atoms with Gasteiger partial charge < -0.3 is 24.7 Å². The van der Waals surface area contributed by atoms with Gasteiger partial charge in [0.15, 0.2) is 11.6 Å². The number of pyridine rings is 1. The molecule has 2 aromatic rings. The van der Waals surface area contributed by atoms with E-state index in [1.54, 1.807) is 23.6 Å². The van der Waals surface area contributed by atoms with Crippen LogP contribution in [-0.2, 0) is 11.8 Å². The van der Waals surface area contributed by atoms with Crippen LogP contribution in [0.2, 0.25) is 0 Å². The van der Waals surface area contributed by atoms with Gasteiger partial charge in [0.1, 0.15) is 5.60 Å². The number of ether oxygens (including phenoxy) is 2. The Morgan fingerprint density at radius 2 is 2.00 bits per heavy atom. The minimum absolute atomic E-state index is 0.246. The number of aromatic nitrogens is 3. The van der Waals surface area contributed by atoms with Crippen molar-refractivity contribution in [3.8, 4) is 17.0 Å². The zero-order valence-electron chi connectivity index (χ0n) is 17.0. The van der Waals surface area contributed by atoms with Crippen LogP contribution in [0.5, 0.6) is 5.75 Å². The Morgan fingerprint density at radius 3 is 2.61 bits per heavy atom. The van der Waals surface area contributed by atoms with Gasteiger partial charge in [-0.3, -0.25) is 0 Å². The summed E-state index contributed by atoms with van der Waals surface area (Å²) in [7, 11) is 1.93. The van der Waals surface area contributed by atoms with Crippen LogP contribution in [0, 0.1) is 5.92 Å². The Bertz CT molecular complexity index is 819. The van der Waals surface area contributed by atoms with Crippen LogP contribution in [-0.4, -0.2) is 50.8 Å². The highest BCUT2D eigenvalue weighted by atomic mass is 16.6. The molecule has 1 aliphatic rings. The number of hydrogen-bond donors (Lipinski definition) is 1. The number of anilines is 1. The number of aryl methyl sites for hydroxylation is 1. The quantitative estimate of drug-likeness (QED) is 0.866. The number of rotatable bonds is 4. The standard InChI is InChI=1S/C20H29N5O3/c1-20(2,3)28-19(26)25-7-5-14(6-8-25)12-27-17-9-15(10-23-18(17)21)16-11-22-13-24(16)4/h9-11,13-14H,5-8,12H2,1-4H3,(H2,21,23). The van der Waals surface area contributed by atoms with E-state index in [1.165, 1.54) is 0 Å². The summed E-state index contributed by atoms with van der Waals surface area (Å²) in [5.74, 6) is 1.31. The molecule has 1 aliphatic heterocycles. The molecule has 0 aliphatic carbocycles. The van der Waals surface area contributed by atoms with E-state index >= 15 is 0 Å². The van der Waals surface area contributed by atoms with Crippen molar-refractivity contribution in [2.75, 3.05) is 25.4 Å². The highest BCUT2D eigenvalue weighted by Gasteiger charge is 2.27. The first-order valence-corrected chi connectivity index (χ1v) is 9.56. The first-order chi connectivity index (χ1) is 13.2. The molecule has 0 atom stereocenters. The zero-order chi connectivity index (χ0) is 20.3. The molecular formula is C20H29N5O3. The maximum Gasteiger partial charge on any atom is 0.410 e. The molecule has 2 aromatic heterocycles. The smallest absolute Gasteiger partial charge is 0.410 e. The maximum absolute atomic E-state index is 12.2. The van der Waals surface area contributed by atoms with Crippen molar-refractivity contribution in [1.82, 2.24) is 19.4 Å². The van der Waals surface area contributed by atoms with Crippen LogP contribution in [0.3, 0.4) is 0 Å². The van der Waals surface area contributed by atoms with Crippen molar-refractivity contribution < 1.29 is 14.3 Å². The van der Waals surface area contributed by atoms with Crippen LogP contribution >= 0.6 is 0 Å². The van der Waals surface area contributed by atoms with Crippen LogP contribution in [0.1, 0.15) is 33.6 Å². The summed E-state index contributed by atoms with van der Waals surface area (Å²) in [6.45, 7) is 7.52. The summed E-state index contributed by atoms with van der Waals surface area (Å²) < 4.78 is 13.3. The number of carbonyl (C=O) groups is 1. The van der Waals surface area contributed by atoms with E-state index in [0.29, 0.717) is 37.2 Å². The highest BCUT2D eigenvalue weighted by Crippen LogP contribution is 2.28. The van der Waals surface area contributed by atoms with Crippen molar-refractivity contribution in [3.63, 3.8) is 0 Å². The minimum Gasteiger partial charge on any atom is -0.489 e. The summed E-state index contributed by atoms with van der Waals surface area (Å²) >= 11 is 0. The predicted octanol–water partition coefficient (Wildman–Crippen LogP) is 3.09. The molecule has 1 saturated heterocycles. The Hall–Kier alpha value is -2.77. The summed E-state index contributed by atoms with van der Waals surface area (Å²) in [6.07, 6.45) is 6.73. The van der Waals surface area contributed by atoms with Crippen molar-refractivity contribution in [2.24, 2.45) is 13.0 Å². The molecule has 1 amide bonds. The number of likely N-dealkylation sites (tertiary alicyclic amines) is 1. The third-order valence-electron chi connectivity index (χ3n) is 4.73. The lowest BCUT2D eigenvalue weighted by Crippen LogP contribution is -2.42. The van der Waals surface area contributed by atoms with Crippen molar-refractivity contribution in [2.45, 2.75) is 39.2 Å². The summed E-state index contributed by atoms with van der Waals surface area (Å²) in [5.41, 5.74) is 7.37. The average Bonchev–Trinajstić information content (AvgIpc) is 3.06. The van der Waals surface area contributed by atoms with Gasteiger partial charge in [-0.05, 0) is 45.6 Å². The van der Waals surface area contributed by atoms with Crippen LogP contribution in [0.15, 0.2) is 24.8 Å². The average molecular weight is 387 g/mol. The Balaban J connectivity index is 1.54. The van der Waals surface area contributed by atoms with E-state index in [1.807, 2.05) is 38.5 Å². The first kappa shape index (κ1) is 20.0. The molecule has 3 rings (SSSR count). The predicted molar refractivity (Wildman–Crippen MR) is 107 cm³/mol. The normalized spacial score (nSPS) is 15.5. The fourth-order valence-corrected chi connectivity index (χ4v) is 3.16. The van der Waals surface area contributed by atoms with Gasteiger partial charge in [0.2, 0.25) is 0 Å². The molecule has 0 radical (unpaired) electrons. The monoisotopic (exact) mass is 387 g/mol. The van der Waals surface area contributed by atoms with Gasteiger partial charge in [0.05, 0.1) is 24.8 Å². The third-order valence-corrected chi connectivity index (χ3v) is 4.73. The van der Waals surface area contributed by atoms with Gasteiger partial charge in [-0.1, -0.05) is 0 Å². The van der Waals surface area contributed by atoms with Crippen LogP contribution in [0.25, 0.3) is 11.3 Å². The van der Waals surface area contributed by atoms with Crippen LogP contribution in [0.4, 0.5) is 10.6 Å². The van der Waals surface area contributed by atoms with Gasteiger partial charge in [0, 0.05) is 31.9 Å². The number of nitrogens with two attached hydrogens (primary N) is 1. The van der Waals surface area contributed by atoms with Gasteiger partial charge >= 0.3 is 6.09 Å². The van der Waals surface area contributed by atoms with Gasteiger partial charge in [-0.15, -0.1) is 0 Å². The number of nitrogens with zero attached hydrogens (tertiary/aromatic N) is 4. The second-order valence-electron chi connectivity index (χ2n) is 8.22. The summed E-state index contributed by atoms with van der Waals surface area (Å²) in [6, 6.07) is 1.90. The molecule has 152 valence electrons. The largest absolute Gasteiger partial charge is 0.489 e. The zero-order valence-corrected chi connectivity index (χ0v) is 17.0. The molecule has 8 nitrogen and oxygen atoms in total. The first-order valence-electron chi connectivity index (χ1n) is 9.56. The van der Waals surface area contributed by atoms with Gasteiger partial charge in [-0.2, -0.15) is 0 Å². The number of carbonyl (C=O) groups excluding carboxylic acids is 1. The number of imidazole rings is 1. The number of piperidine rings is 1. The van der Waals surface area contributed by atoms with E-state index in [9.17, 15) is 4.79 Å². The summed E-state index contributed by atoms with van der Waals surface area (Å²) in [4.78, 5) is 22.3. The number of nitrogen functional groups attached to an aromatic ring is 1. The lowest BCUT2D eigenvalue weighted by molar-refractivity contribution is 0.0165. The highest BCUT2D eigenvalue weighted by molar-refractivity contribution is 5.68. The third kappa shape index (κ3) is 4.94. The molecule has 0 aromatic carbocycles. The number of amides is 1. The van der Waals surface area contributed by atoms with E-state index < -0.39 is 5.60 Å². The molecule has 0 spiro atoms. The Kier molecular flexibility index (Phi) is 5.76. The van der Waals surface area contributed by atoms with E-state index in [-0.39, 0.29) is 6.09 Å². The SMILES string of the molecule is Cn1cncc1-c1cnc(N)c(OCC2CCN(C(=O)OC(C)(C)C)CC2)c1. The van der Waals surface area contributed by atoms with E-state index in [2.05, 4.69) is 9.97 Å². The molecule has 0 unspecified atom stereocenters. The second kappa shape index (κ2) is 8.08. The lowest BCUT2D eigenvalue weighted by atomic mass is 9.98. The molecule has 0 bridgehead atoms. The van der Waals surface area contributed by atoms with Crippen molar-refractivity contribution in [1.29, 1.82) is 0 Å². The van der Waals surface area contributed by atoms with Gasteiger partial charge in [-0.25, -0.2) is 14.8 Å². The van der Waals surface area contributed by atoms with Crippen molar-refractivity contribution >= 4 is 11.9 Å². The van der Waals surface area contributed by atoms with E-state index in [4.69, 9.17) is 15.2 Å². The molecule has 0 saturated carbocycles. The Labute approximate surface area is 165 Å². The maximum atomic E-state index is 12.2. The molecule has 1 fully saturated rings. The van der Waals surface area contributed by atoms with Crippen LogP contribution < -0.4 is 10.5 Å². The molecular weight excluding hydrogens is 358 g/mol. The van der Waals surface area contributed by atoms with E-state index in [0.717, 1.165) is 24.1 Å². The van der Waals surface area contributed by atoms with Crippen molar-refractivity contribution in [3.05, 3.63) is 24.8 Å². The topological polar surface area (TPSA) is 95.5 Å². The molecule has 3 heterocycles. The minimum atomic E-state index is -0.472. The fourth-order valence-electron chi connectivity index (χ4n) is 3.16.